The van der Waals surface area contributed by atoms with Gasteiger partial charge in [-0.15, -0.1) is 10.2 Å². The first-order valence-corrected chi connectivity index (χ1v) is 12.0. The molecule has 1 aromatic heterocycles. The van der Waals surface area contributed by atoms with Gasteiger partial charge in [-0.2, -0.15) is 0 Å². The van der Waals surface area contributed by atoms with Crippen molar-refractivity contribution in [3.05, 3.63) is 59.2 Å². The van der Waals surface area contributed by atoms with Crippen molar-refractivity contribution in [3.63, 3.8) is 0 Å². The van der Waals surface area contributed by atoms with E-state index in [9.17, 15) is 9.59 Å². The quantitative estimate of drug-likeness (QED) is 0.442. The van der Waals surface area contributed by atoms with E-state index < -0.39 is 0 Å². The average Bonchev–Trinajstić information content (AvgIpc) is 3.38. The molecule has 1 amide bonds. The van der Waals surface area contributed by atoms with Crippen LogP contribution in [0.15, 0.2) is 47.6 Å². The first-order chi connectivity index (χ1) is 16.0. The Morgan fingerprint density at radius 2 is 1.97 bits per heavy atom. The summed E-state index contributed by atoms with van der Waals surface area (Å²) >= 11 is 1.37. The Hall–Kier alpha value is -3.17. The number of aromatic nitrogens is 3. The molecule has 5 rings (SSSR count). The van der Waals surface area contributed by atoms with Crippen molar-refractivity contribution in [1.82, 2.24) is 14.8 Å². The van der Waals surface area contributed by atoms with Gasteiger partial charge in [0.1, 0.15) is 0 Å². The highest BCUT2D eigenvalue weighted by Gasteiger charge is 2.28. The molecule has 2 aromatic carbocycles. The summed E-state index contributed by atoms with van der Waals surface area (Å²) in [5.41, 5.74) is 4.35. The van der Waals surface area contributed by atoms with Crippen LogP contribution in [0, 0.1) is 6.92 Å². The Morgan fingerprint density at radius 1 is 1.18 bits per heavy atom. The molecule has 1 fully saturated rings. The van der Waals surface area contributed by atoms with Crippen molar-refractivity contribution in [2.75, 3.05) is 42.3 Å². The molecule has 1 atom stereocenters. The first-order valence-electron chi connectivity index (χ1n) is 11.0. The molecular weight excluding hydrogens is 438 g/mol. The van der Waals surface area contributed by atoms with Crippen LogP contribution >= 0.6 is 11.8 Å². The Balaban J connectivity index is 1.41. The van der Waals surface area contributed by atoms with Crippen LogP contribution in [0.25, 0.3) is 5.69 Å². The van der Waals surface area contributed by atoms with Gasteiger partial charge in [0.05, 0.1) is 30.6 Å². The van der Waals surface area contributed by atoms with Crippen LogP contribution in [0.4, 0.5) is 11.6 Å². The lowest BCUT2D eigenvalue weighted by Crippen LogP contribution is -2.38. The minimum Gasteiger partial charge on any atom is -0.378 e. The number of morpholine rings is 1. The van der Waals surface area contributed by atoms with E-state index in [1.54, 1.807) is 12.1 Å². The number of nitrogens with zero attached hydrogens (tertiary/aromatic N) is 4. The molecular formula is C24H25N5O3S. The van der Waals surface area contributed by atoms with E-state index in [0.29, 0.717) is 23.9 Å². The van der Waals surface area contributed by atoms with Crippen LogP contribution in [0.2, 0.25) is 0 Å². The number of fused-ring (bicyclic) bond motifs is 1. The number of nitrogens with one attached hydrogen (secondary N) is 1. The third-order valence-corrected chi connectivity index (χ3v) is 7.02. The van der Waals surface area contributed by atoms with Crippen molar-refractivity contribution in [3.8, 4) is 5.69 Å². The number of aryl methyl sites for hydroxylation is 1. The smallest absolute Gasteiger partial charge is 0.232 e. The number of para-hydroxylation sites is 1. The predicted molar refractivity (Wildman–Crippen MR) is 128 cm³/mol. The van der Waals surface area contributed by atoms with Crippen molar-refractivity contribution in [2.45, 2.75) is 24.9 Å². The third kappa shape index (κ3) is 4.14. The summed E-state index contributed by atoms with van der Waals surface area (Å²) in [4.78, 5) is 27.1. The van der Waals surface area contributed by atoms with Crippen LogP contribution in [-0.2, 0) is 9.53 Å². The molecule has 0 radical (unpaired) electrons. The van der Waals surface area contributed by atoms with Gasteiger partial charge in [0.25, 0.3) is 0 Å². The van der Waals surface area contributed by atoms with Gasteiger partial charge < -0.3 is 15.0 Å². The van der Waals surface area contributed by atoms with Crippen LogP contribution in [-0.4, -0.2) is 58.5 Å². The van der Waals surface area contributed by atoms with Crippen molar-refractivity contribution in [2.24, 2.45) is 0 Å². The van der Waals surface area contributed by atoms with E-state index in [1.807, 2.05) is 35.8 Å². The molecule has 1 saturated heterocycles. The first kappa shape index (κ1) is 21.7. The lowest BCUT2D eigenvalue weighted by Gasteiger charge is -2.28. The fraction of sp³-hybridized carbons (Fsp3) is 0.333. The van der Waals surface area contributed by atoms with Gasteiger partial charge in [-0.1, -0.05) is 30.0 Å². The number of rotatable bonds is 6. The molecule has 0 aliphatic carbocycles. The third-order valence-electron chi connectivity index (χ3n) is 6.09. The number of thioether (sulfide) groups is 1. The van der Waals surface area contributed by atoms with Crippen LogP contribution in [0.3, 0.4) is 0 Å². The number of hydrogen-bond acceptors (Lipinski definition) is 7. The molecule has 0 spiro atoms. The number of hydrogen-bond donors (Lipinski definition) is 1. The Morgan fingerprint density at radius 3 is 2.76 bits per heavy atom. The van der Waals surface area contributed by atoms with Crippen LogP contribution in [0.1, 0.15) is 34.3 Å². The van der Waals surface area contributed by atoms with E-state index >= 15 is 0 Å². The van der Waals surface area contributed by atoms with Crippen molar-refractivity contribution >= 4 is 35.1 Å². The number of Topliss-reactive ketones (excluding diaryl/α,β-unsaturated/α-hetero) is 1. The molecule has 33 heavy (non-hydrogen) atoms. The predicted octanol–water partition coefficient (Wildman–Crippen LogP) is 3.44. The normalized spacial score (nSPS) is 17.7. The summed E-state index contributed by atoms with van der Waals surface area (Å²) < 4.78 is 7.53. The van der Waals surface area contributed by atoms with Gasteiger partial charge in [-0.3, -0.25) is 14.2 Å². The topological polar surface area (TPSA) is 89.3 Å². The summed E-state index contributed by atoms with van der Waals surface area (Å²) in [7, 11) is 0. The molecule has 0 bridgehead atoms. The fourth-order valence-corrected chi connectivity index (χ4v) is 4.99. The number of carbonyl (C=O) groups is 2. The molecule has 2 aliphatic heterocycles. The molecule has 170 valence electrons. The standard InChI is InChI=1S/C24H25N5O3S/c1-15-5-3-4-6-20(15)29-23(28-9-11-32-12-10-28)26-27-24(29)33-14-21(30)17-7-8-19-18(13-17)16(2)22(31)25-19/h3-8,13,16H,9-12,14H2,1-2H3,(H,25,31)/t16-/m0/s1. The Bertz CT molecular complexity index is 1220. The van der Waals surface area contributed by atoms with Gasteiger partial charge in [0.2, 0.25) is 11.9 Å². The Kier molecular flexibility index (Phi) is 5.90. The van der Waals surface area contributed by atoms with Crippen molar-refractivity contribution < 1.29 is 14.3 Å². The summed E-state index contributed by atoms with van der Waals surface area (Å²) in [6.45, 7) is 6.69. The lowest BCUT2D eigenvalue weighted by molar-refractivity contribution is -0.116. The zero-order valence-corrected chi connectivity index (χ0v) is 19.4. The highest BCUT2D eigenvalue weighted by Crippen LogP contribution is 2.34. The highest BCUT2D eigenvalue weighted by molar-refractivity contribution is 7.99. The van der Waals surface area contributed by atoms with Gasteiger partial charge in [0.15, 0.2) is 10.9 Å². The van der Waals surface area contributed by atoms with Gasteiger partial charge in [-0.25, -0.2) is 0 Å². The maximum absolute atomic E-state index is 13.0. The van der Waals surface area contributed by atoms with Gasteiger partial charge in [0, 0.05) is 24.3 Å². The maximum Gasteiger partial charge on any atom is 0.232 e. The van der Waals surface area contributed by atoms with E-state index in [1.165, 1.54) is 11.8 Å². The van der Waals surface area contributed by atoms with E-state index in [0.717, 1.165) is 41.5 Å². The van der Waals surface area contributed by atoms with Crippen molar-refractivity contribution in [1.29, 1.82) is 0 Å². The van der Waals surface area contributed by atoms with Crippen LogP contribution in [0.5, 0.6) is 0 Å². The average molecular weight is 464 g/mol. The van der Waals surface area contributed by atoms with E-state index in [4.69, 9.17) is 4.74 Å². The summed E-state index contributed by atoms with van der Waals surface area (Å²) in [6, 6.07) is 13.5. The number of anilines is 2. The molecule has 0 saturated carbocycles. The minimum atomic E-state index is -0.249. The molecule has 9 heteroatoms. The monoisotopic (exact) mass is 463 g/mol. The largest absolute Gasteiger partial charge is 0.378 e. The molecule has 0 unspecified atom stereocenters. The maximum atomic E-state index is 13.0. The van der Waals surface area contributed by atoms with E-state index in [-0.39, 0.29) is 23.4 Å². The number of amides is 1. The number of ether oxygens (including phenoxy) is 1. The second-order valence-corrected chi connectivity index (χ2v) is 9.17. The molecule has 2 aliphatic rings. The number of benzene rings is 2. The summed E-state index contributed by atoms with van der Waals surface area (Å²) in [5.74, 6) is 0.688. The zero-order valence-electron chi connectivity index (χ0n) is 18.6. The van der Waals surface area contributed by atoms with Gasteiger partial charge in [-0.05, 0) is 49.2 Å². The molecule has 1 N–H and O–H groups in total. The Labute approximate surface area is 196 Å². The number of carbonyl (C=O) groups excluding carboxylic acids is 2. The summed E-state index contributed by atoms with van der Waals surface area (Å²) in [5, 5.41) is 12.4. The van der Waals surface area contributed by atoms with Gasteiger partial charge >= 0.3 is 0 Å². The molecule has 3 aromatic rings. The highest BCUT2D eigenvalue weighted by atomic mass is 32.2. The second kappa shape index (κ2) is 8.99. The van der Waals surface area contributed by atoms with Crippen LogP contribution < -0.4 is 10.2 Å². The SMILES string of the molecule is Cc1ccccc1-n1c(SCC(=O)c2ccc3c(c2)[C@H](C)C(=O)N3)nnc1N1CCOCC1. The second-order valence-electron chi connectivity index (χ2n) is 8.23. The lowest BCUT2D eigenvalue weighted by atomic mass is 9.99. The molecule has 8 nitrogen and oxygen atoms in total. The zero-order chi connectivity index (χ0) is 22.9. The summed E-state index contributed by atoms with van der Waals surface area (Å²) in [6.07, 6.45) is 0. The minimum absolute atomic E-state index is 0.0124. The molecule has 3 heterocycles. The fourth-order valence-electron chi connectivity index (χ4n) is 4.15. The van der Waals surface area contributed by atoms with E-state index in [2.05, 4.69) is 33.4 Å². The number of ketones is 1.